The van der Waals surface area contributed by atoms with Crippen LogP contribution in [0.1, 0.15) is 41.8 Å². The van der Waals surface area contributed by atoms with E-state index in [1.165, 1.54) is 5.56 Å². The highest BCUT2D eigenvalue weighted by Crippen LogP contribution is 2.23. The molecule has 0 spiro atoms. The maximum atomic E-state index is 12.2. The van der Waals surface area contributed by atoms with Crippen LogP contribution < -0.4 is 10.1 Å². The summed E-state index contributed by atoms with van der Waals surface area (Å²) in [5.41, 5.74) is 3.09. The van der Waals surface area contributed by atoms with Crippen molar-refractivity contribution in [3.63, 3.8) is 0 Å². The summed E-state index contributed by atoms with van der Waals surface area (Å²) in [5, 5.41) is 2.16. The maximum Gasteiger partial charge on any atom is 0.242 e. The Morgan fingerprint density at radius 2 is 1.61 bits per heavy atom. The van der Waals surface area contributed by atoms with Crippen LogP contribution in [0.2, 0.25) is 0 Å². The Morgan fingerprint density at radius 1 is 1.04 bits per heavy atom. The van der Waals surface area contributed by atoms with Gasteiger partial charge in [-0.3, -0.25) is 4.79 Å². The minimum absolute atomic E-state index is 0.204. The van der Waals surface area contributed by atoms with E-state index in [9.17, 15) is 4.79 Å². The van der Waals surface area contributed by atoms with Crippen molar-refractivity contribution in [2.75, 3.05) is 7.11 Å². The molecule has 122 valence electrons. The topological polar surface area (TPSA) is 38.3 Å². The molecule has 2 aromatic rings. The Hall–Kier alpha value is -2.00. The third-order valence-electron chi connectivity index (χ3n) is 3.75. The van der Waals surface area contributed by atoms with Crippen LogP contribution in [0.3, 0.4) is 0 Å². The molecule has 3 nitrogen and oxygen atoms in total. The quantitative estimate of drug-likeness (QED) is 0.796. The molecule has 0 bridgehead atoms. The van der Waals surface area contributed by atoms with Gasteiger partial charge in [-0.25, -0.2) is 0 Å². The average Bonchev–Trinajstić information content (AvgIpc) is 2.59. The predicted octanol–water partition coefficient (Wildman–Crippen LogP) is 4.41. The molecule has 23 heavy (non-hydrogen) atoms. The summed E-state index contributed by atoms with van der Waals surface area (Å²) in [6, 6.07) is 15.4. The molecule has 1 amide bonds. The summed E-state index contributed by atoms with van der Waals surface area (Å²) in [5.74, 6) is 1.04. The smallest absolute Gasteiger partial charge is 0.242 e. The van der Waals surface area contributed by atoms with E-state index in [1.807, 2.05) is 12.1 Å². The van der Waals surface area contributed by atoms with Crippen molar-refractivity contribution in [1.82, 2.24) is 5.32 Å². The number of hydrogen-bond donors (Lipinski definition) is 1. The van der Waals surface area contributed by atoms with Crippen LogP contribution in [0.25, 0.3) is 0 Å². The normalized spacial score (nSPS) is 12.0. The van der Waals surface area contributed by atoms with Gasteiger partial charge in [-0.15, -0.1) is 11.6 Å². The Balaban J connectivity index is 1.92. The number of nitrogens with one attached hydrogen (secondary N) is 1. The summed E-state index contributed by atoms with van der Waals surface area (Å²) in [6.45, 7) is 4.78. The second-order valence-corrected chi connectivity index (χ2v) is 6.19. The number of methoxy groups -OCH3 is 1. The lowest BCUT2D eigenvalue weighted by Gasteiger charge is -2.12. The van der Waals surface area contributed by atoms with Crippen molar-refractivity contribution < 1.29 is 9.53 Å². The first-order valence-electron chi connectivity index (χ1n) is 7.66. The summed E-state index contributed by atoms with van der Waals surface area (Å²) >= 11 is 6.23. The minimum atomic E-state index is -0.712. The molecule has 0 aliphatic carbocycles. The number of ether oxygens (including phenoxy) is 1. The van der Waals surface area contributed by atoms with Gasteiger partial charge in [0.25, 0.3) is 0 Å². The van der Waals surface area contributed by atoms with Crippen LogP contribution >= 0.6 is 11.6 Å². The highest BCUT2D eigenvalue weighted by Gasteiger charge is 2.17. The van der Waals surface area contributed by atoms with Gasteiger partial charge < -0.3 is 10.1 Å². The summed E-state index contributed by atoms with van der Waals surface area (Å²) in [7, 11) is 1.60. The average molecular weight is 332 g/mol. The summed E-state index contributed by atoms with van der Waals surface area (Å²) in [6.07, 6.45) is 0. The standard InChI is InChI=1S/C19H22ClNO2/c1-13(2)15-6-4-14(5-7-15)12-21-19(22)18(20)16-8-10-17(23-3)11-9-16/h4-11,13,18H,12H2,1-3H3,(H,21,22). The second-order valence-electron chi connectivity index (χ2n) is 5.75. The lowest BCUT2D eigenvalue weighted by atomic mass is 10.0. The number of carbonyl (C=O) groups is 1. The van der Waals surface area contributed by atoms with Gasteiger partial charge in [0.1, 0.15) is 11.1 Å². The number of rotatable bonds is 6. The molecule has 0 fully saturated rings. The van der Waals surface area contributed by atoms with Gasteiger partial charge in [0.2, 0.25) is 5.91 Å². The SMILES string of the molecule is COc1ccc(C(Cl)C(=O)NCc2ccc(C(C)C)cc2)cc1. The third kappa shape index (κ3) is 4.73. The number of carbonyl (C=O) groups excluding carboxylic acids is 1. The molecule has 1 unspecified atom stereocenters. The Kier molecular flexibility index (Phi) is 6.05. The van der Waals surface area contributed by atoms with Crippen LogP contribution in [-0.2, 0) is 11.3 Å². The van der Waals surface area contributed by atoms with Crippen molar-refractivity contribution in [3.05, 3.63) is 65.2 Å². The molecule has 0 heterocycles. The van der Waals surface area contributed by atoms with E-state index in [0.717, 1.165) is 16.9 Å². The van der Waals surface area contributed by atoms with Crippen molar-refractivity contribution in [1.29, 1.82) is 0 Å². The number of halogens is 1. The van der Waals surface area contributed by atoms with E-state index in [1.54, 1.807) is 31.4 Å². The van der Waals surface area contributed by atoms with Crippen LogP contribution in [-0.4, -0.2) is 13.0 Å². The van der Waals surface area contributed by atoms with E-state index in [2.05, 4.69) is 31.3 Å². The first-order valence-corrected chi connectivity index (χ1v) is 8.09. The molecule has 0 saturated carbocycles. The van der Waals surface area contributed by atoms with Gasteiger partial charge in [-0.05, 0) is 34.7 Å². The molecule has 0 aliphatic rings. The lowest BCUT2D eigenvalue weighted by Crippen LogP contribution is -2.26. The first kappa shape index (κ1) is 17.4. The molecule has 0 radical (unpaired) electrons. The maximum absolute atomic E-state index is 12.2. The van der Waals surface area contributed by atoms with Crippen molar-refractivity contribution in [2.24, 2.45) is 0 Å². The van der Waals surface area contributed by atoms with Crippen molar-refractivity contribution >= 4 is 17.5 Å². The van der Waals surface area contributed by atoms with E-state index in [0.29, 0.717) is 12.5 Å². The molecule has 2 rings (SSSR count). The van der Waals surface area contributed by atoms with Gasteiger partial charge in [0.15, 0.2) is 0 Å². The van der Waals surface area contributed by atoms with E-state index < -0.39 is 5.38 Å². The molecule has 1 atom stereocenters. The highest BCUT2D eigenvalue weighted by molar-refractivity contribution is 6.30. The molecule has 1 N–H and O–H groups in total. The lowest BCUT2D eigenvalue weighted by molar-refractivity contribution is -0.121. The number of amides is 1. The zero-order chi connectivity index (χ0) is 16.8. The summed E-state index contributed by atoms with van der Waals surface area (Å²) < 4.78 is 5.10. The number of alkyl halides is 1. The number of benzene rings is 2. The summed E-state index contributed by atoms with van der Waals surface area (Å²) in [4.78, 5) is 12.2. The number of hydrogen-bond acceptors (Lipinski definition) is 2. The molecule has 0 aromatic heterocycles. The molecular weight excluding hydrogens is 310 g/mol. The minimum Gasteiger partial charge on any atom is -0.497 e. The largest absolute Gasteiger partial charge is 0.497 e. The zero-order valence-corrected chi connectivity index (χ0v) is 14.4. The van der Waals surface area contributed by atoms with Crippen molar-refractivity contribution in [3.8, 4) is 5.75 Å². The van der Waals surface area contributed by atoms with Gasteiger partial charge in [-0.2, -0.15) is 0 Å². The van der Waals surface area contributed by atoms with Gasteiger partial charge in [0, 0.05) is 6.54 Å². The molecular formula is C19H22ClNO2. The zero-order valence-electron chi connectivity index (χ0n) is 13.7. The fourth-order valence-electron chi connectivity index (χ4n) is 2.22. The van der Waals surface area contributed by atoms with Gasteiger partial charge >= 0.3 is 0 Å². The van der Waals surface area contributed by atoms with Crippen LogP contribution in [0.5, 0.6) is 5.75 Å². The van der Waals surface area contributed by atoms with Gasteiger partial charge in [0.05, 0.1) is 7.11 Å². The Morgan fingerprint density at radius 3 is 2.13 bits per heavy atom. The third-order valence-corrected chi connectivity index (χ3v) is 4.20. The van der Waals surface area contributed by atoms with Crippen LogP contribution in [0, 0.1) is 0 Å². The fourth-order valence-corrected chi connectivity index (χ4v) is 2.45. The Bertz CT molecular complexity index is 635. The van der Waals surface area contributed by atoms with Crippen LogP contribution in [0.4, 0.5) is 0 Å². The van der Waals surface area contributed by atoms with Crippen LogP contribution in [0.15, 0.2) is 48.5 Å². The molecule has 2 aromatic carbocycles. The van der Waals surface area contributed by atoms with Crippen molar-refractivity contribution in [2.45, 2.75) is 31.7 Å². The van der Waals surface area contributed by atoms with E-state index in [4.69, 9.17) is 16.3 Å². The van der Waals surface area contributed by atoms with E-state index in [-0.39, 0.29) is 5.91 Å². The molecule has 0 saturated heterocycles. The second kappa shape index (κ2) is 8.02. The Labute approximate surface area is 142 Å². The van der Waals surface area contributed by atoms with E-state index >= 15 is 0 Å². The monoisotopic (exact) mass is 331 g/mol. The first-order chi connectivity index (χ1) is 11.0. The van der Waals surface area contributed by atoms with Gasteiger partial charge in [-0.1, -0.05) is 50.2 Å². The molecule has 0 aliphatic heterocycles. The fraction of sp³-hybridized carbons (Fsp3) is 0.316. The highest BCUT2D eigenvalue weighted by atomic mass is 35.5. The predicted molar refractivity (Wildman–Crippen MR) is 94.0 cm³/mol. The molecule has 4 heteroatoms.